The highest BCUT2D eigenvalue weighted by Gasteiger charge is 2.33. The van der Waals surface area contributed by atoms with E-state index in [0.29, 0.717) is 12.1 Å². The fraction of sp³-hybridized carbons (Fsp3) is 0.529. The molecule has 0 saturated heterocycles. The smallest absolute Gasteiger partial charge is 0.0478 e. The number of nitrogens with zero attached hydrogens (tertiary/aromatic N) is 1. The maximum absolute atomic E-state index is 3.92. The van der Waals surface area contributed by atoms with Crippen LogP contribution in [0, 0.1) is 0 Å². The third-order valence-electron chi connectivity index (χ3n) is 3.66. The predicted molar refractivity (Wildman–Crippen MR) is 82.2 cm³/mol. The average Bonchev–Trinajstić information content (AvgIpc) is 3.23. The molecule has 1 N–H and O–H groups in total. The van der Waals surface area contributed by atoms with Gasteiger partial charge in [-0.3, -0.25) is 4.90 Å². The molecule has 2 nitrogen and oxygen atoms in total. The van der Waals surface area contributed by atoms with Crippen molar-refractivity contribution >= 4 is 0 Å². The first-order valence-corrected chi connectivity index (χ1v) is 7.37. The monoisotopic (exact) mass is 258 g/mol. The van der Waals surface area contributed by atoms with E-state index in [4.69, 9.17) is 0 Å². The van der Waals surface area contributed by atoms with E-state index < -0.39 is 0 Å². The predicted octanol–water partition coefficient (Wildman–Crippen LogP) is 3.38. The molecule has 1 saturated carbocycles. The molecule has 1 aliphatic rings. The lowest BCUT2D eigenvalue weighted by molar-refractivity contribution is 0.200. The van der Waals surface area contributed by atoms with Crippen LogP contribution < -0.4 is 5.32 Å². The fourth-order valence-electron chi connectivity index (χ4n) is 2.54. The maximum Gasteiger partial charge on any atom is 0.0478 e. The Morgan fingerprint density at radius 1 is 1.32 bits per heavy atom. The molecule has 0 spiro atoms. The van der Waals surface area contributed by atoms with Gasteiger partial charge in [0.25, 0.3) is 0 Å². The minimum Gasteiger partial charge on any atom is -0.313 e. The van der Waals surface area contributed by atoms with Crippen molar-refractivity contribution < 1.29 is 0 Å². The number of hydrogen-bond acceptors (Lipinski definition) is 2. The van der Waals surface area contributed by atoms with Gasteiger partial charge in [-0.2, -0.15) is 0 Å². The van der Waals surface area contributed by atoms with E-state index in [9.17, 15) is 0 Å². The number of nitrogens with one attached hydrogen (secondary N) is 1. The maximum atomic E-state index is 3.92. The van der Waals surface area contributed by atoms with Gasteiger partial charge in [0, 0.05) is 31.2 Å². The summed E-state index contributed by atoms with van der Waals surface area (Å²) in [7, 11) is 0. The van der Waals surface area contributed by atoms with E-state index in [1.54, 1.807) is 0 Å². The van der Waals surface area contributed by atoms with Crippen LogP contribution in [-0.2, 0) is 0 Å². The topological polar surface area (TPSA) is 15.3 Å². The van der Waals surface area contributed by atoms with Crippen molar-refractivity contribution in [3.05, 3.63) is 48.6 Å². The van der Waals surface area contributed by atoms with Gasteiger partial charge in [0.05, 0.1) is 0 Å². The van der Waals surface area contributed by atoms with E-state index in [1.807, 2.05) is 6.08 Å². The molecular weight excluding hydrogens is 232 g/mol. The van der Waals surface area contributed by atoms with Crippen LogP contribution in [-0.4, -0.2) is 30.1 Å². The number of rotatable bonds is 8. The summed E-state index contributed by atoms with van der Waals surface area (Å²) in [5.41, 5.74) is 1.41. The van der Waals surface area contributed by atoms with E-state index in [1.165, 1.54) is 18.4 Å². The van der Waals surface area contributed by atoms with Crippen LogP contribution in [0.4, 0.5) is 0 Å². The molecule has 1 unspecified atom stereocenters. The highest BCUT2D eigenvalue weighted by Crippen LogP contribution is 2.34. The third kappa shape index (κ3) is 4.19. The second-order valence-electron chi connectivity index (χ2n) is 5.71. The van der Waals surface area contributed by atoms with Crippen molar-refractivity contribution in [2.45, 2.75) is 44.8 Å². The summed E-state index contributed by atoms with van der Waals surface area (Å²) >= 11 is 0. The zero-order valence-corrected chi connectivity index (χ0v) is 12.2. The molecule has 19 heavy (non-hydrogen) atoms. The minimum atomic E-state index is 0.453. The highest BCUT2D eigenvalue weighted by atomic mass is 15.2. The van der Waals surface area contributed by atoms with E-state index in [0.717, 1.165) is 19.1 Å². The Bertz CT molecular complexity index is 382. The van der Waals surface area contributed by atoms with Crippen molar-refractivity contribution in [1.82, 2.24) is 10.2 Å². The van der Waals surface area contributed by atoms with Gasteiger partial charge < -0.3 is 5.32 Å². The molecule has 0 radical (unpaired) electrons. The number of benzene rings is 1. The lowest BCUT2D eigenvalue weighted by Gasteiger charge is -2.32. The van der Waals surface area contributed by atoms with Crippen molar-refractivity contribution in [3.8, 4) is 0 Å². The van der Waals surface area contributed by atoms with Crippen LogP contribution in [0.25, 0.3) is 0 Å². The molecule has 1 aromatic carbocycles. The molecule has 0 aliphatic heterocycles. The van der Waals surface area contributed by atoms with Crippen LogP contribution in [0.3, 0.4) is 0 Å². The fourth-order valence-corrected chi connectivity index (χ4v) is 2.54. The normalized spacial score (nSPS) is 16.8. The van der Waals surface area contributed by atoms with Gasteiger partial charge in [-0.15, -0.1) is 6.58 Å². The summed E-state index contributed by atoms with van der Waals surface area (Å²) in [6.07, 6.45) is 4.70. The van der Waals surface area contributed by atoms with Crippen LogP contribution in [0.15, 0.2) is 43.0 Å². The van der Waals surface area contributed by atoms with Gasteiger partial charge in [-0.25, -0.2) is 0 Å². The van der Waals surface area contributed by atoms with Crippen molar-refractivity contribution in [2.75, 3.05) is 13.1 Å². The molecule has 1 aliphatic carbocycles. The Morgan fingerprint density at radius 3 is 2.53 bits per heavy atom. The van der Waals surface area contributed by atoms with Crippen molar-refractivity contribution in [2.24, 2.45) is 0 Å². The van der Waals surface area contributed by atoms with Crippen LogP contribution in [0.5, 0.6) is 0 Å². The van der Waals surface area contributed by atoms with E-state index in [-0.39, 0.29) is 0 Å². The quantitative estimate of drug-likeness (QED) is 0.719. The van der Waals surface area contributed by atoms with Crippen LogP contribution >= 0.6 is 0 Å². The standard InChI is InChI=1S/C17H26N2/c1-4-12-19(16-10-11-16)17(13-18-14(2)3)15-8-6-5-7-9-15/h4-9,14,16-18H,1,10-13H2,2-3H3. The van der Waals surface area contributed by atoms with Crippen molar-refractivity contribution in [3.63, 3.8) is 0 Å². The second-order valence-corrected chi connectivity index (χ2v) is 5.71. The Hall–Kier alpha value is -1.12. The summed E-state index contributed by atoms with van der Waals surface area (Å²) in [5.74, 6) is 0. The molecule has 2 rings (SSSR count). The molecule has 0 aromatic heterocycles. The zero-order valence-electron chi connectivity index (χ0n) is 12.2. The first kappa shape index (κ1) is 14.3. The van der Waals surface area contributed by atoms with Crippen LogP contribution in [0.1, 0.15) is 38.3 Å². The SMILES string of the molecule is C=CCN(C1CC1)C(CNC(C)C)c1ccccc1. The summed E-state index contributed by atoms with van der Waals surface area (Å²) in [6.45, 7) is 10.3. The molecule has 0 heterocycles. The molecule has 104 valence electrons. The molecule has 2 heteroatoms. The molecule has 0 bridgehead atoms. The zero-order chi connectivity index (χ0) is 13.7. The minimum absolute atomic E-state index is 0.453. The van der Waals surface area contributed by atoms with E-state index >= 15 is 0 Å². The Morgan fingerprint density at radius 2 is 2.00 bits per heavy atom. The van der Waals surface area contributed by atoms with Gasteiger partial charge >= 0.3 is 0 Å². The third-order valence-corrected chi connectivity index (χ3v) is 3.66. The summed E-state index contributed by atoms with van der Waals surface area (Å²) in [4.78, 5) is 2.59. The highest BCUT2D eigenvalue weighted by molar-refractivity contribution is 5.20. The lowest BCUT2D eigenvalue weighted by atomic mass is 10.0. The van der Waals surface area contributed by atoms with Crippen molar-refractivity contribution in [1.29, 1.82) is 0 Å². The molecule has 0 amide bonds. The largest absolute Gasteiger partial charge is 0.313 e. The van der Waals surface area contributed by atoms with Gasteiger partial charge in [0.1, 0.15) is 0 Å². The van der Waals surface area contributed by atoms with Gasteiger partial charge in [-0.1, -0.05) is 50.3 Å². The lowest BCUT2D eigenvalue weighted by Crippen LogP contribution is -2.39. The molecule has 1 atom stereocenters. The first-order valence-electron chi connectivity index (χ1n) is 7.37. The Kier molecular flexibility index (Phi) is 5.17. The van der Waals surface area contributed by atoms with Crippen LogP contribution in [0.2, 0.25) is 0 Å². The summed E-state index contributed by atoms with van der Waals surface area (Å²) in [6, 6.07) is 12.6. The Balaban J connectivity index is 2.14. The second kappa shape index (κ2) is 6.88. The summed E-state index contributed by atoms with van der Waals surface area (Å²) < 4.78 is 0. The van der Waals surface area contributed by atoms with Gasteiger partial charge in [-0.05, 0) is 18.4 Å². The molecule has 1 aromatic rings. The summed E-state index contributed by atoms with van der Waals surface area (Å²) in [5, 5.41) is 3.59. The van der Waals surface area contributed by atoms with E-state index in [2.05, 4.69) is 61.0 Å². The van der Waals surface area contributed by atoms with Gasteiger partial charge in [0.2, 0.25) is 0 Å². The molecular formula is C17H26N2. The first-order chi connectivity index (χ1) is 9.22. The average molecular weight is 258 g/mol. The Labute approximate surface area is 117 Å². The molecule has 1 fully saturated rings. The van der Waals surface area contributed by atoms with Gasteiger partial charge in [0.15, 0.2) is 0 Å². The number of hydrogen-bond donors (Lipinski definition) is 1.